The molecule has 0 saturated heterocycles. The van der Waals surface area contributed by atoms with Gasteiger partial charge < -0.3 is 5.73 Å². The SMILES string of the molecule is CC(Br)[C@H](C)N. The molecule has 0 aromatic heterocycles. The smallest absolute Gasteiger partial charge is 0.0266 e. The molecule has 2 atom stereocenters. The van der Waals surface area contributed by atoms with Gasteiger partial charge in [-0.05, 0) is 6.92 Å². The van der Waals surface area contributed by atoms with E-state index in [9.17, 15) is 0 Å². The Bertz CT molecular complexity index is 28.5. The van der Waals surface area contributed by atoms with E-state index in [0.717, 1.165) is 0 Å². The summed E-state index contributed by atoms with van der Waals surface area (Å²) in [5, 5.41) is 0. The van der Waals surface area contributed by atoms with E-state index in [0.29, 0.717) is 4.83 Å². The van der Waals surface area contributed by atoms with Crippen molar-refractivity contribution in [2.24, 2.45) is 5.73 Å². The first-order valence-electron chi connectivity index (χ1n) is 2.04. The van der Waals surface area contributed by atoms with E-state index in [1.807, 2.05) is 13.8 Å². The molecule has 0 amide bonds. The fourth-order valence-corrected chi connectivity index (χ4v) is 0. The van der Waals surface area contributed by atoms with Crippen LogP contribution in [-0.4, -0.2) is 10.9 Å². The zero-order chi connectivity index (χ0) is 5.15. The maximum absolute atomic E-state index is 5.39. The molecule has 0 saturated carbocycles. The highest BCUT2D eigenvalue weighted by Crippen LogP contribution is 1.98. The van der Waals surface area contributed by atoms with Crippen molar-refractivity contribution in [2.75, 3.05) is 0 Å². The van der Waals surface area contributed by atoms with Crippen LogP contribution in [0.3, 0.4) is 0 Å². The lowest BCUT2D eigenvalue weighted by Gasteiger charge is -2.03. The molecule has 0 aliphatic rings. The molecule has 0 aliphatic carbocycles. The average molecular weight is 152 g/mol. The molecule has 6 heavy (non-hydrogen) atoms. The van der Waals surface area contributed by atoms with Gasteiger partial charge in [-0.2, -0.15) is 0 Å². The monoisotopic (exact) mass is 151 g/mol. The van der Waals surface area contributed by atoms with Gasteiger partial charge in [0.25, 0.3) is 0 Å². The highest BCUT2D eigenvalue weighted by Gasteiger charge is 1.98. The van der Waals surface area contributed by atoms with Gasteiger partial charge in [-0.3, -0.25) is 0 Å². The zero-order valence-electron chi connectivity index (χ0n) is 4.11. The molecule has 0 fully saturated rings. The van der Waals surface area contributed by atoms with E-state index < -0.39 is 0 Å². The standard InChI is InChI=1S/C4H10BrN/c1-3(5)4(2)6/h3-4H,6H2,1-2H3/t3?,4-/m0/s1. The van der Waals surface area contributed by atoms with Crippen LogP contribution in [0.25, 0.3) is 0 Å². The topological polar surface area (TPSA) is 26.0 Å². The number of alkyl halides is 1. The normalized spacial score (nSPS) is 20.0. The minimum atomic E-state index is 0.269. The molecule has 0 aliphatic heterocycles. The molecule has 0 aromatic rings. The van der Waals surface area contributed by atoms with E-state index in [4.69, 9.17) is 5.73 Å². The summed E-state index contributed by atoms with van der Waals surface area (Å²) in [4.78, 5) is 0.442. The Kier molecular flexibility index (Phi) is 2.78. The van der Waals surface area contributed by atoms with Gasteiger partial charge in [0.15, 0.2) is 0 Å². The number of hydrogen-bond donors (Lipinski definition) is 1. The third kappa shape index (κ3) is 2.67. The largest absolute Gasteiger partial charge is 0.327 e. The summed E-state index contributed by atoms with van der Waals surface area (Å²) in [6.07, 6.45) is 0. The Morgan fingerprint density at radius 1 is 1.50 bits per heavy atom. The number of hydrogen-bond acceptors (Lipinski definition) is 1. The zero-order valence-corrected chi connectivity index (χ0v) is 5.70. The van der Waals surface area contributed by atoms with Crippen LogP contribution in [-0.2, 0) is 0 Å². The second-order valence-electron chi connectivity index (χ2n) is 1.54. The first-order chi connectivity index (χ1) is 2.64. The van der Waals surface area contributed by atoms with Crippen LogP contribution in [0.1, 0.15) is 13.8 Å². The summed E-state index contributed by atoms with van der Waals surface area (Å²) < 4.78 is 0. The van der Waals surface area contributed by atoms with Crippen molar-refractivity contribution in [1.82, 2.24) is 0 Å². The van der Waals surface area contributed by atoms with Crippen LogP contribution < -0.4 is 5.73 Å². The average Bonchev–Trinajstić information content (AvgIpc) is 1.36. The Labute approximate surface area is 47.0 Å². The van der Waals surface area contributed by atoms with Crippen LogP contribution in [0, 0.1) is 0 Å². The summed E-state index contributed by atoms with van der Waals surface area (Å²) in [5.41, 5.74) is 5.39. The van der Waals surface area contributed by atoms with Gasteiger partial charge in [0.2, 0.25) is 0 Å². The predicted octanol–water partition coefficient (Wildman–Crippen LogP) is 1.12. The Hall–Kier alpha value is 0.440. The molecule has 0 rings (SSSR count). The van der Waals surface area contributed by atoms with Crippen molar-refractivity contribution in [2.45, 2.75) is 24.7 Å². The molecule has 1 nitrogen and oxygen atoms in total. The van der Waals surface area contributed by atoms with Crippen LogP contribution in [0.4, 0.5) is 0 Å². The van der Waals surface area contributed by atoms with Crippen molar-refractivity contribution in [3.8, 4) is 0 Å². The van der Waals surface area contributed by atoms with Gasteiger partial charge >= 0.3 is 0 Å². The fraction of sp³-hybridized carbons (Fsp3) is 1.00. The highest BCUT2D eigenvalue weighted by molar-refractivity contribution is 9.09. The van der Waals surface area contributed by atoms with E-state index >= 15 is 0 Å². The van der Waals surface area contributed by atoms with Gasteiger partial charge in [-0.25, -0.2) is 0 Å². The second-order valence-corrected chi connectivity index (χ2v) is 2.98. The summed E-state index contributed by atoms with van der Waals surface area (Å²) in [6.45, 7) is 4.00. The number of nitrogens with two attached hydrogens (primary N) is 1. The molecule has 0 aromatic carbocycles. The maximum atomic E-state index is 5.39. The van der Waals surface area contributed by atoms with Gasteiger partial charge in [0, 0.05) is 10.9 Å². The first kappa shape index (κ1) is 6.44. The first-order valence-corrected chi connectivity index (χ1v) is 2.96. The third-order valence-electron chi connectivity index (χ3n) is 0.725. The summed E-state index contributed by atoms with van der Waals surface area (Å²) in [5.74, 6) is 0. The lowest BCUT2D eigenvalue weighted by Crippen LogP contribution is -2.23. The van der Waals surface area contributed by atoms with E-state index in [2.05, 4.69) is 15.9 Å². The minimum Gasteiger partial charge on any atom is -0.327 e. The Morgan fingerprint density at radius 2 is 1.67 bits per heavy atom. The molecule has 38 valence electrons. The molecule has 0 spiro atoms. The van der Waals surface area contributed by atoms with Gasteiger partial charge in [0.1, 0.15) is 0 Å². The van der Waals surface area contributed by atoms with E-state index in [-0.39, 0.29) is 6.04 Å². The van der Waals surface area contributed by atoms with Crippen molar-refractivity contribution < 1.29 is 0 Å². The van der Waals surface area contributed by atoms with Crippen LogP contribution >= 0.6 is 15.9 Å². The van der Waals surface area contributed by atoms with Crippen molar-refractivity contribution in [3.63, 3.8) is 0 Å². The predicted molar refractivity (Wildman–Crippen MR) is 32.0 cm³/mol. The quantitative estimate of drug-likeness (QED) is 0.559. The third-order valence-corrected chi connectivity index (χ3v) is 1.56. The molecule has 0 heterocycles. The molecular formula is C4H10BrN. The Balaban J connectivity index is 2.99. The van der Waals surface area contributed by atoms with Crippen molar-refractivity contribution in [1.29, 1.82) is 0 Å². The molecular weight excluding hydrogens is 142 g/mol. The van der Waals surface area contributed by atoms with Gasteiger partial charge in [0.05, 0.1) is 0 Å². The summed E-state index contributed by atoms with van der Waals surface area (Å²) in [7, 11) is 0. The maximum Gasteiger partial charge on any atom is 0.0266 e. The Morgan fingerprint density at radius 3 is 1.67 bits per heavy atom. The van der Waals surface area contributed by atoms with Gasteiger partial charge in [-0.15, -0.1) is 0 Å². The van der Waals surface area contributed by atoms with Crippen LogP contribution in [0.2, 0.25) is 0 Å². The number of rotatable bonds is 1. The number of halogens is 1. The lowest BCUT2D eigenvalue weighted by molar-refractivity contribution is 0.740. The van der Waals surface area contributed by atoms with Crippen molar-refractivity contribution in [3.05, 3.63) is 0 Å². The van der Waals surface area contributed by atoms with Crippen molar-refractivity contribution >= 4 is 15.9 Å². The molecule has 0 bridgehead atoms. The summed E-state index contributed by atoms with van der Waals surface area (Å²) >= 11 is 3.31. The molecule has 1 unspecified atom stereocenters. The second kappa shape index (κ2) is 2.59. The summed E-state index contributed by atoms with van der Waals surface area (Å²) in [6, 6.07) is 0.269. The highest BCUT2D eigenvalue weighted by atomic mass is 79.9. The van der Waals surface area contributed by atoms with Gasteiger partial charge in [-0.1, -0.05) is 22.9 Å². The van der Waals surface area contributed by atoms with E-state index in [1.54, 1.807) is 0 Å². The molecule has 2 N–H and O–H groups in total. The van der Waals surface area contributed by atoms with Crippen LogP contribution in [0.15, 0.2) is 0 Å². The fourth-order valence-electron chi connectivity index (χ4n) is 0. The van der Waals surface area contributed by atoms with E-state index in [1.165, 1.54) is 0 Å². The lowest BCUT2D eigenvalue weighted by atomic mass is 10.3. The minimum absolute atomic E-state index is 0.269. The molecule has 2 heteroatoms. The van der Waals surface area contributed by atoms with Crippen LogP contribution in [0.5, 0.6) is 0 Å². The molecule has 0 radical (unpaired) electrons.